The molecule has 4 rings (SSSR count). The van der Waals surface area contributed by atoms with Gasteiger partial charge in [0.05, 0.1) is 16.4 Å². The van der Waals surface area contributed by atoms with Gasteiger partial charge in [-0.05, 0) is 71.5 Å². The largest absolute Gasteiger partial charge is 0.490 e. The lowest BCUT2D eigenvalue weighted by Gasteiger charge is -2.15. The van der Waals surface area contributed by atoms with Gasteiger partial charge in [0.25, 0.3) is 5.90 Å². The second-order valence-corrected chi connectivity index (χ2v) is 8.47. The highest BCUT2D eigenvalue weighted by Gasteiger charge is 2.26. The Morgan fingerprint density at radius 1 is 1.16 bits per heavy atom. The number of rotatable bonds is 7. The smallest absolute Gasteiger partial charge is 0.363 e. The molecule has 0 radical (unpaired) electrons. The molecule has 3 aromatic rings. The van der Waals surface area contributed by atoms with E-state index in [0.29, 0.717) is 30.5 Å². The number of ether oxygens (including phenoxy) is 3. The minimum atomic E-state index is -0.534. The van der Waals surface area contributed by atoms with Gasteiger partial charge in [-0.15, -0.1) is 0 Å². The van der Waals surface area contributed by atoms with Crippen molar-refractivity contribution in [3.05, 3.63) is 85.4 Å². The van der Waals surface area contributed by atoms with Crippen LogP contribution in [0.5, 0.6) is 11.5 Å². The van der Waals surface area contributed by atoms with E-state index in [1.807, 2.05) is 43.3 Å². The zero-order valence-corrected chi connectivity index (χ0v) is 20.2. The molecule has 0 aliphatic carbocycles. The van der Waals surface area contributed by atoms with Crippen LogP contribution in [-0.4, -0.2) is 18.5 Å². The van der Waals surface area contributed by atoms with Crippen LogP contribution < -0.4 is 9.47 Å². The summed E-state index contributed by atoms with van der Waals surface area (Å²) in [6.45, 7) is 2.77. The minimum absolute atomic E-state index is 0.148. The fraction of sp³-hybridized carbons (Fsp3) is 0.130. The highest BCUT2D eigenvalue weighted by Crippen LogP contribution is 2.36. The predicted octanol–water partition coefficient (Wildman–Crippen LogP) is 5.97. The number of benzene rings is 2. The molecule has 0 bridgehead atoms. The van der Waals surface area contributed by atoms with E-state index in [-0.39, 0.29) is 11.6 Å². The molecule has 0 N–H and O–H groups in total. The van der Waals surface area contributed by atoms with E-state index in [1.54, 1.807) is 18.2 Å². The highest BCUT2D eigenvalue weighted by atomic mass is 127. The number of furan rings is 1. The third-order valence-electron chi connectivity index (χ3n) is 4.32. The van der Waals surface area contributed by atoms with E-state index < -0.39 is 5.97 Å². The van der Waals surface area contributed by atoms with Crippen LogP contribution in [0.1, 0.15) is 23.8 Å². The summed E-state index contributed by atoms with van der Waals surface area (Å²) in [7, 11) is 0. The van der Waals surface area contributed by atoms with Crippen molar-refractivity contribution in [3.63, 3.8) is 0 Å². The number of hydrogen-bond acceptors (Lipinski definition) is 6. The Bertz CT molecular complexity index is 1170. The predicted molar refractivity (Wildman–Crippen MR) is 128 cm³/mol. The topological polar surface area (TPSA) is 70.3 Å². The van der Waals surface area contributed by atoms with E-state index in [0.717, 1.165) is 19.2 Å². The Kier molecular flexibility index (Phi) is 6.77. The molecule has 158 valence electrons. The first-order valence-corrected chi connectivity index (χ1v) is 11.3. The number of esters is 1. The molecule has 0 fully saturated rings. The van der Waals surface area contributed by atoms with Crippen LogP contribution in [0.3, 0.4) is 0 Å². The molecular weight excluding hydrogens is 577 g/mol. The SMILES string of the molecule is CCOc1cc(/C=C2\N=C(c3ccco3)OC2=O)cc(I)c1OCc1ccccc1Br. The van der Waals surface area contributed by atoms with E-state index >= 15 is 0 Å². The molecule has 1 aliphatic heterocycles. The van der Waals surface area contributed by atoms with Gasteiger partial charge in [0, 0.05) is 10.0 Å². The molecule has 8 heteroatoms. The molecule has 6 nitrogen and oxygen atoms in total. The summed E-state index contributed by atoms with van der Waals surface area (Å²) in [6.07, 6.45) is 3.15. The quantitative estimate of drug-likeness (QED) is 0.192. The number of nitrogens with zero attached hydrogens (tertiary/aromatic N) is 1. The van der Waals surface area contributed by atoms with Crippen LogP contribution in [0.25, 0.3) is 6.08 Å². The lowest BCUT2D eigenvalue weighted by molar-refractivity contribution is -0.130. The van der Waals surface area contributed by atoms with Gasteiger partial charge >= 0.3 is 5.97 Å². The number of carbonyl (C=O) groups excluding carboxylic acids is 1. The highest BCUT2D eigenvalue weighted by molar-refractivity contribution is 14.1. The summed E-state index contributed by atoms with van der Waals surface area (Å²) in [5.74, 6) is 1.25. The molecular formula is C23H17BrINO5. The van der Waals surface area contributed by atoms with Gasteiger partial charge in [-0.2, -0.15) is 0 Å². The van der Waals surface area contributed by atoms with E-state index in [4.69, 9.17) is 18.6 Å². The number of hydrogen-bond donors (Lipinski definition) is 0. The van der Waals surface area contributed by atoms with Crippen LogP contribution in [0, 0.1) is 3.57 Å². The lowest BCUT2D eigenvalue weighted by Crippen LogP contribution is -2.04. The summed E-state index contributed by atoms with van der Waals surface area (Å²) in [5, 5.41) is 0. The zero-order chi connectivity index (χ0) is 21.8. The second kappa shape index (κ2) is 9.69. The van der Waals surface area contributed by atoms with Gasteiger partial charge in [-0.1, -0.05) is 34.1 Å². The molecule has 0 unspecified atom stereocenters. The first kappa shape index (κ1) is 21.6. The summed E-state index contributed by atoms with van der Waals surface area (Å²) in [6, 6.07) is 15.0. The van der Waals surface area contributed by atoms with Crippen LogP contribution in [0.15, 0.2) is 74.4 Å². The van der Waals surface area contributed by atoms with Crippen molar-refractivity contribution >= 4 is 56.5 Å². The second-order valence-electron chi connectivity index (χ2n) is 6.46. The van der Waals surface area contributed by atoms with Crippen molar-refractivity contribution in [2.45, 2.75) is 13.5 Å². The molecule has 0 spiro atoms. The van der Waals surface area contributed by atoms with E-state index in [9.17, 15) is 4.79 Å². The summed E-state index contributed by atoms with van der Waals surface area (Å²) >= 11 is 5.73. The third kappa shape index (κ3) is 5.01. The Balaban J connectivity index is 1.62. The average molecular weight is 594 g/mol. The number of carbonyl (C=O) groups is 1. The van der Waals surface area contributed by atoms with Crippen LogP contribution in [0.4, 0.5) is 0 Å². The summed E-state index contributed by atoms with van der Waals surface area (Å²) < 4.78 is 24.2. The summed E-state index contributed by atoms with van der Waals surface area (Å²) in [5.41, 5.74) is 1.96. The molecule has 1 aromatic heterocycles. The maximum absolute atomic E-state index is 12.2. The number of aliphatic imine (C=N–C) groups is 1. The molecule has 1 aliphatic rings. The van der Waals surface area contributed by atoms with Gasteiger partial charge in [-0.25, -0.2) is 9.79 Å². The van der Waals surface area contributed by atoms with Crippen LogP contribution in [-0.2, 0) is 16.1 Å². The first-order chi connectivity index (χ1) is 15.0. The third-order valence-corrected chi connectivity index (χ3v) is 5.89. The van der Waals surface area contributed by atoms with Crippen LogP contribution >= 0.6 is 38.5 Å². The molecule has 0 saturated carbocycles. The monoisotopic (exact) mass is 593 g/mol. The standard InChI is InChI=1S/C23H17BrINO5/c1-2-28-20-12-14(11-18-23(27)31-22(26-18)19-8-5-9-29-19)10-17(25)21(20)30-13-15-6-3-4-7-16(15)24/h3-12H,2,13H2,1H3/b18-11-. The Morgan fingerprint density at radius 3 is 2.74 bits per heavy atom. The molecule has 0 atom stereocenters. The fourth-order valence-electron chi connectivity index (χ4n) is 2.91. The molecule has 0 amide bonds. The normalized spacial score (nSPS) is 14.5. The van der Waals surface area contributed by atoms with Crippen LogP contribution in [0.2, 0.25) is 0 Å². The van der Waals surface area contributed by atoms with Crippen molar-refractivity contribution in [2.75, 3.05) is 6.61 Å². The maximum atomic E-state index is 12.2. The number of halogens is 2. The summed E-state index contributed by atoms with van der Waals surface area (Å²) in [4.78, 5) is 16.5. The van der Waals surface area contributed by atoms with Gasteiger partial charge in [-0.3, -0.25) is 0 Å². The molecule has 2 heterocycles. The van der Waals surface area contributed by atoms with Crippen molar-refractivity contribution in [1.29, 1.82) is 0 Å². The molecule has 31 heavy (non-hydrogen) atoms. The Labute approximate surface area is 201 Å². The Morgan fingerprint density at radius 2 is 2.00 bits per heavy atom. The molecule has 0 saturated heterocycles. The van der Waals surface area contributed by atoms with Crippen molar-refractivity contribution in [1.82, 2.24) is 0 Å². The van der Waals surface area contributed by atoms with Gasteiger partial charge in [0.2, 0.25) is 0 Å². The van der Waals surface area contributed by atoms with E-state index in [2.05, 4.69) is 43.5 Å². The fourth-order valence-corrected chi connectivity index (χ4v) is 4.09. The Hall–Kier alpha value is -2.59. The van der Waals surface area contributed by atoms with Crippen molar-refractivity contribution in [2.24, 2.45) is 4.99 Å². The number of cyclic esters (lactones) is 1. The van der Waals surface area contributed by atoms with Crippen molar-refractivity contribution < 1.29 is 23.4 Å². The van der Waals surface area contributed by atoms with Gasteiger partial charge in [0.1, 0.15) is 6.61 Å². The average Bonchev–Trinajstić information content (AvgIpc) is 3.39. The first-order valence-electron chi connectivity index (χ1n) is 9.44. The van der Waals surface area contributed by atoms with Gasteiger partial charge < -0.3 is 18.6 Å². The van der Waals surface area contributed by atoms with Crippen molar-refractivity contribution in [3.8, 4) is 11.5 Å². The maximum Gasteiger partial charge on any atom is 0.363 e. The van der Waals surface area contributed by atoms with Gasteiger partial charge in [0.15, 0.2) is 23.0 Å². The molecule has 2 aromatic carbocycles. The minimum Gasteiger partial charge on any atom is -0.490 e. The van der Waals surface area contributed by atoms with E-state index in [1.165, 1.54) is 6.26 Å². The zero-order valence-electron chi connectivity index (χ0n) is 16.4. The lowest BCUT2D eigenvalue weighted by atomic mass is 10.1.